The van der Waals surface area contributed by atoms with E-state index < -0.39 is 5.60 Å². The second-order valence-corrected chi connectivity index (χ2v) is 7.01. The molecule has 0 aromatic heterocycles. The first-order chi connectivity index (χ1) is 11.7. The van der Waals surface area contributed by atoms with Crippen molar-refractivity contribution in [3.63, 3.8) is 0 Å². The number of para-hydroxylation sites is 1. The Morgan fingerprint density at radius 1 is 1.25 bits per heavy atom. The molecule has 24 heavy (non-hydrogen) atoms. The van der Waals surface area contributed by atoms with Gasteiger partial charge in [-0.15, -0.1) is 0 Å². The van der Waals surface area contributed by atoms with E-state index in [1.165, 1.54) is 5.69 Å². The molecule has 0 radical (unpaired) electrons. The summed E-state index contributed by atoms with van der Waals surface area (Å²) in [6.45, 7) is 5.54. The Hall–Kier alpha value is -1.75. The van der Waals surface area contributed by atoms with Crippen LogP contribution < -0.4 is 15.5 Å². The Morgan fingerprint density at radius 2 is 1.96 bits per heavy atom. The van der Waals surface area contributed by atoms with Crippen molar-refractivity contribution in [3.05, 3.63) is 30.3 Å². The Balaban J connectivity index is 1.50. The fourth-order valence-electron chi connectivity index (χ4n) is 3.40. The summed E-state index contributed by atoms with van der Waals surface area (Å²) in [6, 6.07) is 11.1. The lowest BCUT2D eigenvalue weighted by atomic mass is 9.80. The van der Waals surface area contributed by atoms with Crippen LogP contribution in [-0.4, -0.2) is 48.9 Å². The Kier molecular flexibility index (Phi) is 5.61. The number of nitrogens with one attached hydrogen (secondary N) is 2. The van der Waals surface area contributed by atoms with Crippen molar-refractivity contribution in [2.24, 2.45) is 4.99 Å². The second kappa shape index (κ2) is 7.88. The number of hydrogen-bond acceptors (Lipinski definition) is 3. The molecular weight excluding hydrogens is 300 g/mol. The maximum Gasteiger partial charge on any atom is 0.191 e. The highest BCUT2D eigenvalue weighted by molar-refractivity contribution is 5.80. The van der Waals surface area contributed by atoms with E-state index in [4.69, 9.17) is 0 Å². The molecule has 0 amide bonds. The second-order valence-electron chi connectivity index (χ2n) is 7.01. The minimum atomic E-state index is -0.557. The molecule has 132 valence electrons. The lowest BCUT2D eigenvalue weighted by Crippen LogP contribution is -2.49. The van der Waals surface area contributed by atoms with Gasteiger partial charge in [0.15, 0.2) is 5.96 Å². The highest BCUT2D eigenvalue weighted by atomic mass is 16.3. The van der Waals surface area contributed by atoms with Gasteiger partial charge in [0.05, 0.1) is 12.1 Å². The third-order valence-electron chi connectivity index (χ3n) is 5.12. The quantitative estimate of drug-likeness (QED) is 0.572. The van der Waals surface area contributed by atoms with E-state index in [2.05, 4.69) is 57.8 Å². The number of aliphatic hydroxyl groups is 1. The number of hydrogen-bond donors (Lipinski definition) is 3. The lowest BCUT2D eigenvalue weighted by Gasteiger charge is -2.36. The Morgan fingerprint density at radius 3 is 2.54 bits per heavy atom. The smallest absolute Gasteiger partial charge is 0.191 e. The summed E-state index contributed by atoms with van der Waals surface area (Å²) < 4.78 is 0. The predicted octanol–water partition coefficient (Wildman–Crippen LogP) is 2.13. The third-order valence-corrected chi connectivity index (χ3v) is 5.12. The molecule has 2 fully saturated rings. The fourth-order valence-corrected chi connectivity index (χ4v) is 3.40. The molecule has 1 heterocycles. The van der Waals surface area contributed by atoms with Crippen LogP contribution in [0.25, 0.3) is 0 Å². The van der Waals surface area contributed by atoms with E-state index >= 15 is 0 Å². The zero-order chi connectivity index (χ0) is 16.8. The molecule has 5 nitrogen and oxygen atoms in total. The van der Waals surface area contributed by atoms with E-state index in [9.17, 15) is 5.11 Å². The minimum Gasteiger partial charge on any atom is -0.388 e. The van der Waals surface area contributed by atoms with Crippen molar-refractivity contribution in [2.75, 3.05) is 31.1 Å². The number of guanidine groups is 1. The first-order valence-electron chi connectivity index (χ1n) is 9.26. The molecule has 5 heteroatoms. The van der Waals surface area contributed by atoms with E-state index in [0.29, 0.717) is 12.6 Å². The molecule has 2 aliphatic rings. The van der Waals surface area contributed by atoms with Crippen LogP contribution in [-0.2, 0) is 0 Å². The van der Waals surface area contributed by atoms with Crippen LogP contribution in [0, 0.1) is 0 Å². The maximum absolute atomic E-state index is 10.2. The molecule has 3 rings (SSSR count). The van der Waals surface area contributed by atoms with Crippen molar-refractivity contribution >= 4 is 11.6 Å². The molecule has 0 spiro atoms. The average molecular weight is 330 g/mol. The van der Waals surface area contributed by atoms with Crippen LogP contribution in [0.3, 0.4) is 0 Å². The summed E-state index contributed by atoms with van der Waals surface area (Å²) in [5.74, 6) is 0.844. The first kappa shape index (κ1) is 17.1. The lowest BCUT2D eigenvalue weighted by molar-refractivity contribution is -0.0236. The Bertz CT molecular complexity index is 534. The van der Waals surface area contributed by atoms with Gasteiger partial charge in [0, 0.05) is 31.4 Å². The normalized spacial score (nSPS) is 21.2. The molecule has 1 aliphatic carbocycles. The molecule has 1 saturated carbocycles. The Labute approximate surface area is 145 Å². The molecule has 1 saturated heterocycles. The molecule has 1 aliphatic heterocycles. The van der Waals surface area contributed by atoms with E-state index in [1.807, 2.05) is 0 Å². The maximum atomic E-state index is 10.2. The van der Waals surface area contributed by atoms with Crippen LogP contribution in [0.4, 0.5) is 5.69 Å². The van der Waals surface area contributed by atoms with Crippen molar-refractivity contribution < 1.29 is 5.11 Å². The van der Waals surface area contributed by atoms with Crippen molar-refractivity contribution in [1.29, 1.82) is 0 Å². The molecule has 1 aromatic rings. The predicted molar refractivity (Wildman–Crippen MR) is 99.6 cm³/mol. The largest absolute Gasteiger partial charge is 0.388 e. The zero-order valence-electron chi connectivity index (χ0n) is 14.7. The molecule has 0 unspecified atom stereocenters. The monoisotopic (exact) mass is 330 g/mol. The van der Waals surface area contributed by atoms with Crippen LogP contribution in [0.15, 0.2) is 35.3 Å². The van der Waals surface area contributed by atoms with Gasteiger partial charge in [-0.1, -0.05) is 18.2 Å². The van der Waals surface area contributed by atoms with E-state index in [0.717, 1.165) is 57.7 Å². The van der Waals surface area contributed by atoms with Gasteiger partial charge in [-0.05, 0) is 51.2 Å². The summed E-state index contributed by atoms with van der Waals surface area (Å²) in [7, 11) is 0. The zero-order valence-corrected chi connectivity index (χ0v) is 14.7. The number of benzene rings is 1. The number of anilines is 1. The highest BCUT2D eigenvalue weighted by Gasteiger charge is 2.34. The standard InChI is InChI=1S/C19H30N4O/c1-2-20-18(21-15-19(24)11-6-12-19)22-16-9-13-23(14-10-16)17-7-4-3-5-8-17/h3-5,7-8,16,24H,2,6,9-15H2,1H3,(H2,20,21,22). The van der Waals surface area contributed by atoms with Crippen molar-refractivity contribution in [3.8, 4) is 0 Å². The SMILES string of the molecule is CCNC(=NCC1(O)CCC1)NC1CCN(c2ccccc2)CC1. The topological polar surface area (TPSA) is 59.9 Å². The van der Waals surface area contributed by atoms with E-state index in [1.54, 1.807) is 0 Å². The van der Waals surface area contributed by atoms with E-state index in [-0.39, 0.29) is 0 Å². The molecule has 0 bridgehead atoms. The van der Waals surface area contributed by atoms with Gasteiger partial charge >= 0.3 is 0 Å². The third kappa shape index (κ3) is 4.41. The summed E-state index contributed by atoms with van der Waals surface area (Å²) in [4.78, 5) is 7.05. The van der Waals surface area contributed by atoms with Gasteiger partial charge in [0.2, 0.25) is 0 Å². The first-order valence-corrected chi connectivity index (χ1v) is 9.26. The molecule has 0 atom stereocenters. The number of piperidine rings is 1. The number of aliphatic imine (C=N–C) groups is 1. The highest BCUT2D eigenvalue weighted by Crippen LogP contribution is 2.31. The van der Waals surface area contributed by atoms with Crippen LogP contribution in [0.5, 0.6) is 0 Å². The molecule has 3 N–H and O–H groups in total. The van der Waals surface area contributed by atoms with Gasteiger partial charge in [0.25, 0.3) is 0 Å². The summed E-state index contributed by atoms with van der Waals surface area (Å²) >= 11 is 0. The number of nitrogens with zero attached hydrogens (tertiary/aromatic N) is 2. The average Bonchev–Trinajstić information content (AvgIpc) is 2.60. The van der Waals surface area contributed by atoms with Crippen LogP contribution in [0.2, 0.25) is 0 Å². The minimum absolute atomic E-state index is 0.443. The van der Waals surface area contributed by atoms with Gasteiger partial charge in [0.1, 0.15) is 0 Å². The van der Waals surface area contributed by atoms with Crippen molar-refractivity contribution in [2.45, 2.75) is 50.7 Å². The van der Waals surface area contributed by atoms with Gasteiger partial charge in [-0.3, -0.25) is 4.99 Å². The summed E-state index contributed by atoms with van der Waals surface area (Å²) in [5.41, 5.74) is 0.752. The number of rotatable bonds is 5. The fraction of sp³-hybridized carbons (Fsp3) is 0.632. The van der Waals surface area contributed by atoms with Gasteiger partial charge in [-0.25, -0.2) is 0 Å². The summed E-state index contributed by atoms with van der Waals surface area (Å²) in [6.07, 6.45) is 5.08. The van der Waals surface area contributed by atoms with Gasteiger partial charge in [-0.2, -0.15) is 0 Å². The van der Waals surface area contributed by atoms with Crippen LogP contribution >= 0.6 is 0 Å². The van der Waals surface area contributed by atoms with Gasteiger partial charge < -0.3 is 20.6 Å². The molecular formula is C19H30N4O. The van der Waals surface area contributed by atoms with Crippen LogP contribution in [0.1, 0.15) is 39.0 Å². The van der Waals surface area contributed by atoms with Crippen molar-refractivity contribution in [1.82, 2.24) is 10.6 Å². The molecule has 1 aromatic carbocycles. The summed E-state index contributed by atoms with van der Waals surface area (Å²) in [5, 5.41) is 17.1.